The van der Waals surface area contributed by atoms with Gasteiger partial charge in [0.2, 0.25) is 0 Å². The maximum atomic E-state index is 11.9. The first kappa shape index (κ1) is 23.3. The van der Waals surface area contributed by atoms with Crippen molar-refractivity contribution < 1.29 is 28.5 Å². The van der Waals surface area contributed by atoms with Gasteiger partial charge in [-0.1, -0.05) is 18.2 Å². The van der Waals surface area contributed by atoms with Gasteiger partial charge in [0.05, 0.1) is 24.1 Å². The van der Waals surface area contributed by atoms with Gasteiger partial charge in [-0.2, -0.15) is 0 Å². The van der Waals surface area contributed by atoms with Crippen molar-refractivity contribution in [2.75, 3.05) is 13.2 Å². The Bertz CT molecular complexity index is 1200. The average Bonchev–Trinajstić information content (AvgIpc) is 3.45. The fourth-order valence-corrected chi connectivity index (χ4v) is 6.55. The molecule has 0 saturated carbocycles. The molecule has 0 amide bonds. The molecule has 5 rings (SSSR count). The summed E-state index contributed by atoms with van der Waals surface area (Å²) in [4.78, 5) is 27.1. The van der Waals surface area contributed by atoms with Crippen molar-refractivity contribution in [3.63, 3.8) is 0 Å². The lowest BCUT2D eigenvalue weighted by Gasteiger charge is -2.17. The van der Waals surface area contributed by atoms with Crippen molar-refractivity contribution in [3.8, 4) is 11.5 Å². The SMILES string of the molecule is Cc1cc([S+](c2ccccc2)c2ccc(OC3CCOC3=O)cc2)cc(C)c1OC1CCOC1=O. The topological polar surface area (TPSA) is 71.1 Å². The number of esters is 2. The molecule has 6 nitrogen and oxygen atoms in total. The molecule has 0 spiro atoms. The zero-order chi connectivity index (χ0) is 24.4. The minimum atomic E-state index is -0.546. The minimum Gasteiger partial charge on any atom is -0.479 e. The highest BCUT2D eigenvalue weighted by atomic mass is 32.2. The van der Waals surface area contributed by atoms with Crippen LogP contribution in [0.15, 0.2) is 81.4 Å². The molecular weight excluding hydrogens is 464 g/mol. The quantitative estimate of drug-likeness (QED) is 0.350. The molecule has 2 saturated heterocycles. The molecule has 3 aromatic carbocycles. The van der Waals surface area contributed by atoms with E-state index < -0.39 is 12.2 Å². The van der Waals surface area contributed by atoms with Gasteiger partial charge < -0.3 is 18.9 Å². The Morgan fingerprint density at radius 3 is 1.80 bits per heavy atom. The van der Waals surface area contributed by atoms with Gasteiger partial charge in [0.15, 0.2) is 26.9 Å². The highest BCUT2D eigenvalue weighted by Crippen LogP contribution is 2.37. The Balaban J connectivity index is 1.46. The molecule has 0 aliphatic carbocycles. The number of aryl methyl sites for hydroxylation is 2. The van der Waals surface area contributed by atoms with Crippen LogP contribution in [0.3, 0.4) is 0 Å². The smallest absolute Gasteiger partial charge is 0.347 e. The van der Waals surface area contributed by atoms with E-state index in [-0.39, 0.29) is 22.8 Å². The number of hydrogen-bond acceptors (Lipinski definition) is 6. The van der Waals surface area contributed by atoms with Crippen LogP contribution in [0.25, 0.3) is 0 Å². The third kappa shape index (κ3) is 5.00. The monoisotopic (exact) mass is 491 g/mol. The Hall–Kier alpha value is -3.45. The van der Waals surface area contributed by atoms with Crippen LogP contribution in [-0.2, 0) is 30.0 Å². The summed E-state index contributed by atoms with van der Waals surface area (Å²) in [6, 6.07) is 22.6. The van der Waals surface area contributed by atoms with Crippen LogP contribution >= 0.6 is 0 Å². The normalized spacial score (nSPS) is 20.3. The van der Waals surface area contributed by atoms with Gasteiger partial charge in [0, 0.05) is 25.0 Å². The summed E-state index contributed by atoms with van der Waals surface area (Å²) in [5.41, 5.74) is 1.96. The molecule has 0 aromatic heterocycles. The summed E-state index contributed by atoms with van der Waals surface area (Å²) < 4.78 is 21.9. The second kappa shape index (κ2) is 10.0. The maximum absolute atomic E-state index is 11.9. The Kier molecular flexibility index (Phi) is 6.68. The zero-order valence-electron chi connectivity index (χ0n) is 19.7. The molecule has 3 unspecified atom stereocenters. The van der Waals surface area contributed by atoms with Crippen LogP contribution in [0.2, 0.25) is 0 Å². The lowest BCUT2D eigenvalue weighted by molar-refractivity contribution is -0.144. The van der Waals surface area contributed by atoms with Crippen LogP contribution in [0.4, 0.5) is 0 Å². The van der Waals surface area contributed by atoms with Crippen LogP contribution in [0.1, 0.15) is 24.0 Å². The van der Waals surface area contributed by atoms with Crippen molar-refractivity contribution in [2.24, 2.45) is 0 Å². The van der Waals surface area contributed by atoms with E-state index in [1.165, 1.54) is 4.90 Å². The Morgan fingerprint density at radius 2 is 1.26 bits per heavy atom. The number of carbonyl (C=O) groups excluding carboxylic acids is 2. The highest BCUT2D eigenvalue weighted by Gasteiger charge is 2.33. The van der Waals surface area contributed by atoms with Gasteiger partial charge in [0.25, 0.3) is 0 Å². The van der Waals surface area contributed by atoms with Gasteiger partial charge in [-0.25, -0.2) is 9.59 Å². The van der Waals surface area contributed by atoms with Gasteiger partial charge in [-0.15, -0.1) is 0 Å². The fourth-order valence-electron chi connectivity index (χ4n) is 4.31. The van der Waals surface area contributed by atoms with E-state index in [4.69, 9.17) is 18.9 Å². The number of ether oxygens (including phenoxy) is 4. The van der Waals surface area contributed by atoms with Crippen molar-refractivity contribution in [1.82, 2.24) is 0 Å². The zero-order valence-corrected chi connectivity index (χ0v) is 20.5. The van der Waals surface area contributed by atoms with E-state index in [0.29, 0.717) is 31.8 Å². The molecule has 0 radical (unpaired) electrons. The second-order valence-electron chi connectivity index (χ2n) is 8.60. The van der Waals surface area contributed by atoms with E-state index in [1.807, 2.05) is 44.2 Å². The number of rotatable bonds is 7. The van der Waals surface area contributed by atoms with Crippen molar-refractivity contribution in [2.45, 2.75) is 53.6 Å². The summed E-state index contributed by atoms with van der Waals surface area (Å²) >= 11 is 0. The third-order valence-electron chi connectivity index (χ3n) is 6.02. The predicted molar refractivity (Wildman–Crippen MR) is 131 cm³/mol. The van der Waals surface area contributed by atoms with E-state index in [2.05, 4.69) is 36.4 Å². The first-order valence-corrected chi connectivity index (χ1v) is 12.9. The van der Waals surface area contributed by atoms with Crippen molar-refractivity contribution >= 4 is 22.8 Å². The van der Waals surface area contributed by atoms with Crippen molar-refractivity contribution in [1.29, 1.82) is 0 Å². The Labute approximate surface area is 207 Å². The average molecular weight is 492 g/mol. The van der Waals surface area contributed by atoms with E-state index >= 15 is 0 Å². The fraction of sp³-hybridized carbons (Fsp3) is 0.286. The van der Waals surface area contributed by atoms with E-state index in [9.17, 15) is 9.59 Å². The molecule has 2 heterocycles. The standard InChI is InChI=1S/C28H27O6S/c1-18-16-23(17-19(2)26(18)34-25-13-15-32-28(25)30)35(21-6-4-3-5-7-21)22-10-8-20(9-11-22)33-24-12-14-31-27(24)29/h3-11,16-17,24-25H,12-15H2,1-2H3/q+1. The number of carbonyl (C=O) groups is 2. The molecule has 3 atom stereocenters. The van der Waals surface area contributed by atoms with Gasteiger partial charge in [0.1, 0.15) is 11.5 Å². The molecule has 35 heavy (non-hydrogen) atoms. The molecule has 3 aromatic rings. The molecule has 7 heteroatoms. The number of benzene rings is 3. The summed E-state index contributed by atoms with van der Waals surface area (Å²) in [7, 11) is -0.368. The van der Waals surface area contributed by atoms with Crippen LogP contribution in [0, 0.1) is 13.8 Å². The summed E-state index contributed by atoms with van der Waals surface area (Å²) in [5, 5.41) is 0. The largest absolute Gasteiger partial charge is 0.479 e. The van der Waals surface area contributed by atoms with Gasteiger partial charge >= 0.3 is 11.9 Å². The third-order valence-corrected chi connectivity index (χ3v) is 8.22. The molecule has 2 aliphatic rings. The number of hydrogen-bond donors (Lipinski definition) is 0. The Morgan fingerprint density at radius 1 is 0.714 bits per heavy atom. The maximum Gasteiger partial charge on any atom is 0.347 e. The first-order valence-electron chi connectivity index (χ1n) is 11.7. The molecular formula is C28H27O6S+. The van der Waals surface area contributed by atoms with Crippen LogP contribution in [-0.4, -0.2) is 37.4 Å². The molecule has 0 N–H and O–H groups in total. The second-order valence-corrected chi connectivity index (χ2v) is 10.6. The van der Waals surface area contributed by atoms with E-state index in [1.54, 1.807) is 0 Å². The van der Waals surface area contributed by atoms with Crippen LogP contribution in [0.5, 0.6) is 11.5 Å². The van der Waals surface area contributed by atoms with Gasteiger partial charge in [-0.3, -0.25) is 0 Å². The highest BCUT2D eigenvalue weighted by molar-refractivity contribution is 7.97. The summed E-state index contributed by atoms with van der Waals surface area (Å²) in [6.45, 7) is 4.82. The molecule has 2 aliphatic heterocycles. The molecule has 0 bridgehead atoms. The van der Waals surface area contributed by atoms with Crippen molar-refractivity contribution in [3.05, 3.63) is 77.9 Å². The first-order chi connectivity index (χ1) is 17.0. The van der Waals surface area contributed by atoms with E-state index in [0.717, 1.165) is 26.7 Å². The lowest BCUT2D eigenvalue weighted by atomic mass is 10.1. The molecule has 180 valence electrons. The summed E-state index contributed by atoms with van der Waals surface area (Å²) in [5.74, 6) is 0.775. The molecule has 2 fully saturated rings. The van der Waals surface area contributed by atoms with Gasteiger partial charge in [-0.05, 0) is 61.4 Å². The lowest BCUT2D eigenvalue weighted by Crippen LogP contribution is -2.22. The number of cyclic esters (lactones) is 2. The predicted octanol–water partition coefficient (Wildman–Crippen LogP) is 4.79. The van der Waals surface area contributed by atoms with Crippen LogP contribution < -0.4 is 9.47 Å². The summed E-state index contributed by atoms with van der Waals surface area (Å²) in [6.07, 6.45) is 0.0556. The minimum absolute atomic E-state index is 0.301.